The molecular weight excluding hydrogens is 423 g/mol. The number of hydrogen-bond acceptors (Lipinski definition) is 5. The Morgan fingerprint density at radius 3 is 2.44 bits per heavy atom. The van der Waals surface area contributed by atoms with Gasteiger partial charge in [-0.15, -0.1) is 0 Å². The van der Waals surface area contributed by atoms with Gasteiger partial charge in [0.05, 0.1) is 17.2 Å². The van der Waals surface area contributed by atoms with Gasteiger partial charge < -0.3 is 10.6 Å². The summed E-state index contributed by atoms with van der Waals surface area (Å²) in [5.41, 5.74) is 2.85. The van der Waals surface area contributed by atoms with Gasteiger partial charge in [0.2, 0.25) is 0 Å². The van der Waals surface area contributed by atoms with Gasteiger partial charge in [0, 0.05) is 5.70 Å². The third-order valence-electron chi connectivity index (χ3n) is 5.49. The van der Waals surface area contributed by atoms with Gasteiger partial charge in [-0.1, -0.05) is 42.5 Å². The van der Waals surface area contributed by atoms with E-state index in [9.17, 15) is 28.0 Å². The SMILES string of the molecule is CC1=C(C(=O)Nc2ccccc2C#N)C(=O)N2NC(C(F)(F)F)C(c3ccccc3)C2N1. The topological polar surface area (TPSA) is 97.3 Å². The van der Waals surface area contributed by atoms with Gasteiger partial charge in [-0.25, -0.2) is 10.4 Å². The van der Waals surface area contributed by atoms with Crippen molar-refractivity contribution in [3.8, 4) is 6.07 Å². The van der Waals surface area contributed by atoms with Gasteiger partial charge in [-0.2, -0.15) is 18.4 Å². The van der Waals surface area contributed by atoms with Gasteiger partial charge in [0.25, 0.3) is 11.8 Å². The van der Waals surface area contributed by atoms with E-state index in [1.165, 1.54) is 19.1 Å². The summed E-state index contributed by atoms with van der Waals surface area (Å²) in [6, 6.07) is 14.2. The molecule has 1 saturated heterocycles. The van der Waals surface area contributed by atoms with Crippen LogP contribution in [0.4, 0.5) is 18.9 Å². The number of benzene rings is 2. The molecular formula is C22H18F3N5O2. The van der Waals surface area contributed by atoms with Crippen LogP contribution in [0.25, 0.3) is 0 Å². The van der Waals surface area contributed by atoms with E-state index >= 15 is 0 Å². The summed E-state index contributed by atoms with van der Waals surface area (Å²) >= 11 is 0. The fraction of sp³-hybridized carbons (Fsp3) is 0.227. The number of fused-ring (bicyclic) bond motifs is 1. The quantitative estimate of drug-likeness (QED) is 0.637. The average molecular weight is 441 g/mol. The summed E-state index contributed by atoms with van der Waals surface area (Å²) in [5.74, 6) is -2.83. The maximum atomic E-state index is 13.8. The van der Waals surface area contributed by atoms with Crippen LogP contribution in [-0.2, 0) is 9.59 Å². The number of alkyl halides is 3. The zero-order valence-electron chi connectivity index (χ0n) is 16.8. The van der Waals surface area contributed by atoms with Crippen molar-refractivity contribution in [2.45, 2.75) is 31.2 Å². The zero-order chi connectivity index (χ0) is 23.0. The molecule has 0 radical (unpaired) electrons. The van der Waals surface area contributed by atoms with Crippen molar-refractivity contribution in [2.75, 3.05) is 5.32 Å². The molecule has 0 bridgehead atoms. The molecule has 4 rings (SSSR count). The number of para-hydroxylation sites is 1. The van der Waals surface area contributed by atoms with E-state index in [-0.39, 0.29) is 22.5 Å². The molecule has 0 aliphatic carbocycles. The molecule has 7 nitrogen and oxygen atoms in total. The summed E-state index contributed by atoms with van der Waals surface area (Å²) in [7, 11) is 0. The highest BCUT2D eigenvalue weighted by Crippen LogP contribution is 2.41. The molecule has 2 heterocycles. The molecule has 2 aromatic rings. The molecule has 3 N–H and O–H groups in total. The average Bonchev–Trinajstić information content (AvgIpc) is 3.15. The van der Waals surface area contributed by atoms with Gasteiger partial charge in [0.1, 0.15) is 23.8 Å². The van der Waals surface area contributed by atoms with Crippen LogP contribution in [0.1, 0.15) is 24.0 Å². The normalized spacial score (nSPS) is 22.8. The van der Waals surface area contributed by atoms with Crippen molar-refractivity contribution >= 4 is 17.5 Å². The van der Waals surface area contributed by atoms with Crippen LogP contribution < -0.4 is 16.1 Å². The highest BCUT2D eigenvalue weighted by Gasteiger charge is 2.58. The van der Waals surface area contributed by atoms with E-state index in [4.69, 9.17) is 0 Å². The monoisotopic (exact) mass is 441 g/mol. The smallest absolute Gasteiger partial charge is 0.366 e. The standard InChI is InChI=1S/C22H18F3N5O2/c1-12-16(20(31)28-15-10-6-5-9-14(15)11-26)21(32)30-19(27-12)17(13-7-3-2-4-8-13)18(29-30)22(23,24)25/h2-10,17-19,27,29H,1H3,(H,28,31). The molecule has 10 heteroatoms. The van der Waals surface area contributed by atoms with E-state index < -0.39 is 36.1 Å². The second kappa shape index (κ2) is 8.01. The van der Waals surface area contributed by atoms with E-state index in [0.717, 1.165) is 5.01 Å². The molecule has 3 unspecified atom stereocenters. The number of nitrogens with zero attached hydrogens (tertiary/aromatic N) is 2. The zero-order valence-corrected chi connectivity index (χ0v) is 16.8. The Bertz CT molecular complexity index is 1140. The van der Waals surface area contributed by atoms with Crippen molar-refractivity contribution in [3.05, 3.63) is 77.0 Å². The summed E-state index contributed by atoms with van der Waals surface area (Å²) in [6.07, 6.45) is -5.68. The van der Waals surface area contributed by atoms with E-state index in [0.29, 0.717) is 5.56 Å². The number of anilines is 1. The Balaban J connectivity index is 1.68. The van der Waals surface area contributed by atoms with E-state index in [1.54, 1.807) is 42.5 Å². The molecule has 2 aliphatic heterocycles. The van der Waals surface area contributed by atoms with Crippen molar-refractivity contribution in [3.63, 3.8) is 0 Å². The lowest BCUT2D eigenvalue weighted by Crippen LogP contribution is -2.56. The third kappa shape index (κ3) is 3.67. The van der Waals surface area contributed by atoms with Crippen LogP contribution in [0.15, 0.2) is 65.9 Å². The van der Waals surface area contributed by atoms with Crippen LogP contribution in [-0.4, -0.2) is 35.2 Å². The Morgan fingerprint density at radius 2 is 1.78 bits per heavy atom. The number of amides is 2. The first kappa shape index (κ1) is 21.4. The molecule has 3 atom stereocenters. The number of hydrazine groups is 1. The van der Waals surface area contributed by atoms with Crippen LogP contribution in [0.2, 0.25) is 0 Å². The highest BCUT2D eigenvalue weighted by atomic mass is 19.4. The number of carbonyl (C=O) groups is 2. The lowest BCUT2D eigenvalue weighted by molar-refractivity contribution is -0.161. The fourth-order valence-corrected chi connectivity index (χ4v) is 4.04. The van der Waals surface area contributed by atoms with Crippen molar-refractivity contribution in [2.24, 2.45) is 0 Å². The summed E-state index contributed by atoms with van der Waals surface area (Å²) in [6.45, 7) is 1.46. The van der Waals surface area contributed by atoms with Crippen LogP contribution in [0.3, 0.4) is 0 Å². The van der Waals surface area contributed by atoms with Gasteiger partial charge in [-0.05, 0) is 24.6 Å². The number of nitriles is 1. The lowest BCUT2D eigenvalue weighted by atomic mass is 9.89. The van der Waals surface area contributed by atoms with E-state index in [2.05, 4.69) is 16.1 Å². The molecule has 32 heavy (non-hydrogen) atoms. The van der Waals surface area contributed by atoms with Crippen molar-refractivity contribution in [1.82, 2.24) is 15.8 Å². The second-order valence-corrected chi connectivity index (χ2v) is 7.46. The first-order valence-corrected chi connectivity index (χ1v) is 9.71. The Labute approximate surface area is 181 Å². The highest BCUT2D eigenvalue weighted by molar-refractivity contribution is 6.23. The first-order valence-electron chi connectivity index (χ1n) is 9.71. The van der Waals surface area contributed by atoms with Crippen LogP contribution in [0, 0.1) is 11.3 Å². The van der Waals surface area contributed by atoms with Gasteiger partial charge in [-0.3, -0.25) is 9.59 Å². The van der Waals surface area contributed by atoms with E-state index in [1.807, 2.05) is 6.07 Å². The Kier molecular flexibility index (Phi) is 5.36. The van der Waals surface area contributed by atoms with Gasteiger partial charge in [0.15, 0.2) is 0 Å². The Morgan fingerprint density at radius 1 is 1.12 bits per heavy atom. The summed E-state index contributed by atoms with van der Waals surface area (Å²) in [5, 5.41) is 15.4. The molecule has 2 aliphatic rings. The maximum absolute atomic E-state index is 13.8. The van der Waals surface area contributed by atoms with Gasteiger partial charge >= 0.3 is 6.18 Å². The molecule has 0 aromatic heterocycles. The predicted molar refractivity (Wildman–Crippen MR) is 108 cm³/mol. The van der Waals surface area contributed by atoms with Crippen LogP contribution in [0.5, 0.6) is 0 Å². The minimum absolute atomic E-state index is 0.147. The summed E-state index contributed by atoms with van der Waals surface area (Å²) < 4.78 is 41.5. The lowest BCUT2D eigenvalue weighted by Gasteiger charge is -2.34. The largest absolute Gasteiger partial charge is 0.406 e. The third-order valence-corrected chi connectivity index (χ3v) is 5.49. The van der Waals surface area contributed by atoms with Crippen molar-refractivity contribution in [1.29, 1.82) is 5.26 Å². The second-order valence-electron chi connectivity index (χ2n) is 7.46. The molecule has 0 spiro atoms. The number of halogens is 3. The predicted octanol–water partition coefficient (Wildman–Crippen LogP) is 2.76. The fourth-order valence-electron chi connectivity index (χ4n) is 4.04. The first-order chi connectivity index (χ1) is 15.2. The number of hydrogen-bond donors (Lipinski definition) is 3. The maximum Gasteiger partial charge on any atom is 0.406 e. The minimum atomic E-state index is -4.64. The van der Waals surface area contributed by atoms with Crippen LogP contribution >= 0.6 is 0 Å². The number of nitrogens with one attached hydrogen (secondary N) is 3. The number of rotatable bonds is 3. The molecule has 1 fully saturated rings. The number of carbonyl (C=O) groups excluding carboxylic acids is 2. The Hall–Kier alpha value is -3.84. The molecule has 2 aromatic carbocycles. The molecule has 164 valence electrons. The van der Waals surface area contributed by atoms with Crippen molar-refractivity contribution < 1.29 is 22.8 Å². The number of allylic oxidation sites excluding steroid dienone is 1. The molecule has 0 saturated carbocycles. The summed E-state index contributed by atoms with van der Waals surface area (Å²) in [4.78, 5) is 26.0. The molecule has 2 amide bonds. The minimum Gasteiger partial charge on any atom is -0.366 e.